The minimum Gasteiger partial charge on any atom is -0.390 e. The zero-order chi connectivity index (χ0) is 15.1. The smallest absolute Gasteiger partial charge is 0.211 e. The molecule has 2 atom stereocenters. The third kappa shape index (κ3) is 2.87. The van der Waals surface area contributed by atoms with E-state index in [-0.39, 0.29) is 0 Å². The van der Waals surface area contributed by atoms with Crippen molar-refractivity contribution < 1.29 is 13.5 Å². The van der Waals surface area contributed by atoms with Gasteiger partial charge in [0.25, 0.3) is 0 Å². The van der Waals surface area contributed by atoms with E-state index in [0.717, 1.165) is 25.8 Å². The number of piperidine rings is 1. The van der Waals surface area contributed by atoms with E-state index in [4.69, 9.17) is 0 Å². The quantitative estimate of drug-likeness (QED) is 0.831. The first-order valence-electron chi connectivity index (χ1n) is 8.33. The molecular formula is C15H28N2O3S. The summed E-state index contributed by atoms with van der Waals surface area (Å²) in [7, 11) is -3.23. The highest BCUT2D eigenvalue weighted by atomic mass is 32.2. The van der Waals surface area contributed by atoms with Crippen LogP contribution in [0.25, 0.3) is 0 Å². The molecule has 2 heterocycles. The molecule has 3 fully saturated rings. The van der Waals surface area contributed by atoms with Gasteiger partial charge in [0, 0.05) is 25.7 Å². The number of hydrogen-bond donors (Lipinski definition) is 1. The molecule has 1 aliphatic carbocycles. The fourth-order valence-corrected chi connectivity index (χ4v) is 6.15. The molecule has 1 spiro atoms. The van der Waals surface area contributed by atoms with Crippen LogP contribution < -0.4 is 0 Å². The molecule has 0 bridgehead atoms. The summed E-state index contributed by atoms with van der Waals surface area (Å²) in [6.45, 7) is 2.13. The molecule has 6 heteroatoms. The lowest BCUT2D eigenvalue weighted by molar-refractivity contribution is -0.0517. The Morgan fingerprint density at radius 2 is 1.76 bits per heavy atom. The molecule has 3 rings (SSSR count). The van der Waals surface area contributed by atoms with Gasteiger partial charge in [-0.15, -0.1) is 0 Å². The maximum atomic E-state index is 12.0. The van der Waals surface area contributed by atoms with Gasteiger partial charge >= 0.3 is 0 Å². The van der Waals surface area contributed by atoms with E-state index < -0.39 is 21.7 Å². The van der Waals surface area contributed by atoms with Gasteiger partial charge in [-0.05, 0) is 32.1 Å². The van der Waals surface area contributed by atoms with Gasteiger partial charge in [0.05, 0.1) is 17.9 Å². The highest BCUT2D eigenvalue weighted by molar-refractivity contribution is 7.88. The number of aliphatic hydroxyl groups is 1. The van der Waals surface area contributed by atoms with Gasteiger partial charge in [-0.3, -0.25) is 4.90 Å². The molecule has 0 aromatic carbocycles. The summed E-state index contributed by atoms with van der Waals surface area (Å²) in [6.07, 6.45) is 9.55. The maximum Gasteiger partial charge on any atom is 0.211 e. The van der Waals surface area contributed by atoms with Crippen LogP contribution in [0.4, 0.5) is 0 Å². The summed E-state index contributed by atoms with van der Waals surface area (Å²) in [4.78, 5) is 2.41. The molecule has 0 aromatic heterocycles. The second-order valence-electron chi connectivity index (χ2n) is 7.09. The molecule has 0 amide bonds. The number of aliphatic hydroxyl groups excluding tert-OH is 1. The Bertz CT molecular complexity index is 475. The first kappa shape index (κ1) is 15.7. The third-order valence-electron chi connectivity index (χ3n) is 5.82. The Morgan fingerprint density at radius 3 is 2.38 bits per heavy atom. The fraction of sp³-hybridized carbons (Fsp3) is 1.00. The zero-order valence-corrected chi connectivity index (χ0v) is 13.8. The largest absolute Gasteiger partial charge is 0.390 e. The van der Waals surface area contributed by atoms with Crippen LogP contribution in [0.5, 0.6) is 0 Å². The number of hydrogen-bond acceptors (Lipinski definition) is 4. The standard InChI is InChI=1S/C15H28N2O3S/c1-21(19,20)17-10-5-8-15(17)9-11-16(12-14(15)18)13-6-3-2-4-7-13/h13-14,18H,2-12H2,1H3/t14-,15-/m0/s1. The predicted octanol–water partition coefficient (Wildman–Crippen LogP) is 1.18. The van der Waals surface area contributed by atoms with E-state index in [0.29, 0.717) is 19.1 Å². The van der Waals surface area contributed by atoms with E-state index in [1.54, 1.807) is 4.31 Å². The Hall–Kier alpha value is -0.170. The van der Waals surface area contributed by atoms with Crippen molar-refractivity contribution in [2.75, 3.05) is 25.9 Å². The summed E-state index contributed by atoms with van der Waals surface area (Å²) in [5.41, 5.74) is -0.529. The second-order valence-corrected chi connectivity index (χ2v) is 9.00. The van der Waals surface area contributed by atoms with Crippen LogP contribution in [0.3, 0.4) is 0 Å². The molecule has 3 aliphatic rings. The van der Waals surface area contributed by atoms with Crippen LogP contribution in [0.2, 0.25) is 0 Å². The average Bonchev–Trinajstić information content (AvgIpc) is 2.88. The van der Waals surface area contributed by atoms with Gasteiger partial charge in [0.2, 0.25) is 10.0 Å². The Kier molecular flexibility index (Phi) is 4.34. The van der Waals surface area contributed by atoms with Crippen molar-refractivity contribution in [1.82, 2.24) is 9.21 Å². The Morgan fingerprint density at radius 1 is 1.05 bits per heavy atom. The summed E-state index contributed by atoms with van der Waals surface area (Å²) in [6, 6.07) is 0.596. The molecule has 122 valence electrons. The van der Waals surface area contributed by atoms with Gasteiger partial charge in [-0.2, -0.15) is 4.31 Å². The number of β-amino-alcohol motifs (C(OH)–C–C–N with tert-alkyl or cyclic N) is 1. The van der Waals surface area contributed by atoms with Crippen molar-refractivity contribution in [3.05, 3.63) is 0 Å². The zero-order valence-electron chi connectivity index (χ0n) is 13.0. The van der Waals surface area contributed by atoms with Crippen molar-refractivity contribution in [1.29, 1.82) is 0 Å². The van der Waals surface area contributed by atoms with E-state index >= 15 is 0 Å². The van der Waals surface area contributed by atoms with Crippen LogP contribution in [-0.2, 0) is 10.0 Å². The van der Waals surface area contributed by atoms with Crippen LogP contribution in [0.15, 0.2) is 0 Å². The molecule has 2 saturated heterocycles. The fourth-order valence-electron chi connectivity index (χ4n) is 4.72. The molecule has 0 unspecified atom stereocenters. The summed E-state index contributed by atoms with van der Waals surface area (Å²) in [5, 5.41) is 10.7. The molecule has 5 nitrogen and oxygen atoms in total. The minimum atomic E-state index is -3.23. The van der Waals surface area contributed by atoms with Crippen molar-refractivity contribution in [3.8, 4) is 0 Å². The number of likely N-dealkylation sites (tertiary alicyclic amines) is 1. The van der Waals surface area contributed by atoms with Crippen molar-refractivity contribution in [3.63, 3.8) is 0 Å². The lowest BCUT2D eigenvalue weighted by Crippen LogP contribution is -2.63. The number of sulfonamides is 1. The van der Waals surface area contributed by atoms with E-state index in [1.807, 2.05) is 0 Å². The van der Waals surface area contributed by atoms with Gasteiger partial charge in [-0.1, -0.05) is 19.3 Å². The lowest BCUT2D eigenvalue weighted by Gasteiger charge is -2.49. The van der Waals surface area contributed by atoms with Crippen LogP contribution >= 0.6 is 0 Å². The van der Waals surface area contributed by atoms with Crippen LogP contribution in [0, 0.1) is 0 Å². The van der Waals surface area contributed by atoms with E-state index in [2.05, 4.69) is 4.90 Å². The first-order chi connectivity index (χ1) is 9.93. The average molecular weight is 316 g/mol. The van der Waals surface area contributed by atoms with Gasteiger partial charge in [0.15, 0.2) is 0 Å². The highest BCUT2D eigenvalue weighted by Crippen LogP contribution is 2.41. The molecule has 1 N–H and O–H groups in total. The molecule has 2 aliphatic heterocycles. The summed E-state index contributed by atoms with van der Waals surface area (Å²) < 4.78 is 25.7. The third-order valence-corrected chi connectivity index (χ3v) is 7.17. The highest BCUT2D eigenvalue weighted by Gasteiger charge is 2.53. The van der Waals surface area contributed by atoms with E-state index in [9.17, 15) is 13.5 Å². The van der Waals surface area contributed by atoms with Gasteiger partial charge < -0.3 is 5.11 Å². The monoisotopic (exact) mass is 316 g/mol. The minimum absolute atomic E-state index is 0.529. The Labute approximate surface area is 128 Å². The SMILES string of the molecule is CS(=O)(=O)N1CCC[C@@]12CCN(C1CCCCC1)C[C@@H]2O. The number of rotatable bonds is 2. The number of nitrogens with zero attached hydrogens (tertiary/aromatic N) is 2. The topological polar surface area (TPSA) is 60.9 Å². The molecule has 0 radical (unpaired) electrons. The van der Waals surface area contributed by atoms with Crippen LogP contribution in [-0.4, -0.2) is 66.3 Å². The predicted molar refractivity (Wildman–Crippen MR) is 82.6 cm³/mol. The summed E-state index contributed by atoms with van der Waals surface area (Å²) in [5.74, 6) is 0. The molecule has 1 saturated carbocycles. The summed E-state index contributed by atoms with van der Waals surface area (Å²) >= 11 is 0. The van der Waals surface area contributed by atoms with E-state index in [1.165, 1.54) is 38.4 Å². The molecule has 0 aromatic rings. The van der Waals surface area contributed by atoms with Crippen molar-refractivity contribution in [2.45, 2.75) is 69.1 Å². The Balaban J connectivity index is 1.73. The van der Waals surface area contributed by atoms with Crippen molar-refractivity contribution >= 4 is 10.0 Å². The molecule has 21 heavy (non-hydrogen) atoms. The lowest BCUT2D eigenvalue weighted by atomic mass is 9.82. The normalized spacial score (nSPS) is 37.3. The second kappa shape index (κ2) is 5.80. The van der Waals surface area contributed by atoms with Gasteiger partial charge in [-0.25, -0.2) is 8.42 Å². The van der Waals surface area contributed by atoms with Crippen molar-refractivity contribution in [2.24, 2.45) is 0 Å². The van der Waals surface area contributed by atoms with Gasteiger partial charge in [0.1, 0.15) is 0 Å². The molecular weight excluding hydrogens is 288 g/mol. The van der Waals surface area contributed by atoms with Crippen LogP contribution in [0.1, 0.15) is 51.4 Å². The maximum absolute atomic E-state index is 12.0. The first-order valence-corrected chi connectivity index (χ1v) is 10.2.